The molecule has 1 aliphatic rings. The first-order valence-corrected chi connectivity index (χ1v) is 8.02. The van der Waals surface area contributed by atoms with E-state index >= 15 is 0 Å². The fourth-order valence-corrected chi connectivity index (χ4v) is 3.52. The second-order valence-corrected chi connectivity index (χ2v) is 6.27. The van der Waals surface area contributed by atoms with Gasteiger partial charge in [0.2, 0.25) is 0 Å². The van der Waals surface area contributed by atoms with Gasteiger partial charge in [0.1, 0.15) is 0 Å². The van der Waals surface area contributed by atoms with Crippen molar-refractivity contribution in [1.29, 1.82) is 0 Å². The summed E-state index contributed by atoms with van der Waals surface area (Å²) >= 11 is 1.91. The number of thioether (sulfide) groups is 1. The minimum absolute atomic E-state index is 0.558. The average molecular weight is 264 g/mol. The SMILES string of the molecule is CCSc1ccccc1NC1CCCCC1CN. The van der Waals surface area contributed by atoms with Gasteiger partial charge in [-0.1, -0.05) is 31.9 Å². The molecular formula is C15H24N2S. The van der Waals surface area contributed by atoms with Crippen LogP contribution in [-0.4, -0.2) is 18.3 Å². The number of benzene rings is 1. The van der Waals surface area contributed by atoms with E-state index < -0.39 is 0 Å². The Morgan fingerprint density at radius 3 is 2.83 bits per heavy atom. The molecule has 0 radical (unpaired) electrons. The van der Waals surface area contributed by atoms with Crippen LogP contribution in [0.2, 0.25) is 0 Å². The Kier molecular flexibility index (Phi) is 5.39. The van der Waals surface area contributed by atoms with Gasteiger partial charge in [-0.25, -0.2) is 0 Å². The van der Waals surface area contributed by atoms with E-state index in [4.69, 9.17) is 5.73 Å². The highest BCUT2D eigenvalue weighted by Gasteiger charge is 2.24. The van der Waals surface area contributed by atoms with Crippen LogP contribution in [0.15, 0.2) is 29.2 Å². The molecule has 2 rings (SSSR count). The van der Waals surface area contributed by atoms with Crippen LogP contribution in [0, 0.1) is 5.92 Å². The zero-order valence-corrected chi connectivity index (χ0v) is 12.0. The van der Waals surface area contributed by atoms with Crippen LogP contribution in [0.1, 0.15) is 32.6 Å². The second kappa shape index (κ2) is 7.05. The maximum absolute atomic E-state index is 5.90. The molecule has 0 aromatic heterocycles. The summed E-state index contributed by atoms with van der Waals surface area (Å²) in [4.78, 5) is 1.36. The van der Waals surface area contributed by atoms with Gasteiger partial charge < -0.3 is 11.1 Å². The molecule has 1 aliphatic carbocycles. The zero-order chi connectivity index (χ0) is 12.8. The first-order valence-electron chi connectivity index (χ1n) is 7.03. The lowest BCUT2D eigenvalue weighted by Gasteiger charge is -2.32. The van der Waals surface area contributed by atoms with Gasteiger partial charge in [-0.3, -0.25) is 0 Å². The maximum Gasteiger partial charge on any atom is 0.0480 e. The van der Waals surface area contributed by atoms with Crippen molar-refractivity contribution in [3.05, 3.63) is 24.3 Å². The highest BCUT2D eigenvalue weighted by molar-refractivity contribution is 7.99. The lowest BCUT2D eigenvalue weighted by molar-refractivity contribution is 0.332. The molecule has 1 saturated carbocycles. The van der Waals surface area contributed by atoms with E-state index in [1.165, 1.54) is 36.3 Å². The molecule has 18 heavy (non-hydrogen) atoms. The Morgan fingerprint density at radius 2 is 2.06 bits per heavy atom. The van der Waals surface area contributed by atoms with Gasteiger partial charge in [0.05, 0.1) is 0 Å². The van der Waals surface area contributed by atoms with Crippen molar-refractivity contribution in [2.45, 2.75) is 43.5 Å². The quantitative estimate of drug-likeness (QED) is 0.796. The first-order chi connectivity index (χ1) is 8.85. The molecule has 0 bridgehead atoms. The third-order valence-corrected chi connectivity index (χ3v) is 4.70. The molecule has 2 atom stereocenters. The van der Waals surface area contributed by atoms with Crippen molar-refractivity contribution in [2.75, 3.05) is 17.6 Å². The van der Waals surface area contributed by atoms with Gasteiger partial charge in [-0.15, -0.1) is 11.8 Å². The molecule has 0 amide bonds. The number of nitrogens with one attached hydrogen (secondary N) is 1. The van der Waals surface area contributed by atoms with Crippen LogP contribution in [0.4, 0.5) is 5.69 Å². The topological polar surface area (TPSA) is 38.0 Å². The summed E-state index contributed by atoms with van der Waals surface area (Å²) in [7, 11) is 0. The Morgan fingerprint density at radius 1 is 1.28 bits per heavy atom. The van der Waals surface area contributed by atoms with Gasteiger partial charge in [-0.05, 0) is 43.2 Å². The van der Waals surface area contributed by atoms with Gasteiger partial charge in [0, 0.05) is 16.6 Å². The lowest BCUT2D eigenvalue weighted by Crippen LogP contribution is -2.36. The molecule has 0 spiro atoms. The number of nitrogens with two attached hydrogens (primary N) is 1. The minimum Gasteiger partial charge on any atom is -0.381 e. The molecule has 1 aromatic rings. The summed E-state index contributed by atoms with van der Waals surface area (Å²) < 4.78 is 0. The van der Waals surface area contributed by atoms with Crippen molar-refractivity contribution in [1.82, 2.24) is 0 Å². The van der Waals surface area contributed by atoms with Crippen LogP contribution in [0.25, 0.3) is 0 Å². The van der Waals surface area contributed by atoms with E-state index in [1.54, 1.807) is 0 Å². The third kappa shape index (κ3) is 3.42. The molecule has 1 fully saturated rings. The van der Waals surface area contributed by atoms with Crippen molar-refractivity contribution in [2.24, 2.45) is 11.7 Å². The van der Waals surface area contributed by atoms with Crippen LogP contribution >= 0.6 is 11.8 Å². The van der Waals surface area contributed by atoms with Crippen molar-refractivity contribution >= 4 is 17.4 Å². The molecular weight excluding hydrogens is 240 g/mol. The number of anilines is 1. The molecule has 3 heteroatoms. The summed E-state index contributed by atoms with van der Waals surface area (Å²) in [5.41, 5.74) is 7.19. The fraction of sp³-hybridized carbons (Fsp3) is 0.600. The Bertz CT molecular complexity index is 367. The van der Waals surface area contributed by atoms with Crippen LogP contribution < -0.4 is 11.1 Å². The molecule has 0 saturated heterocycles. The number of hydrogen-bond donors (Lipinski definition) is 2. The zero-order valence-electron chi connectivity index (χ0n) is 11.2. The molecule has 1 aromatic carbocycles. The largest absolute Gasteiger partial charge is 0.381 e. The minimum atomic E-state index is 0.558. The lowest BCUT2D eigenvalue weighted by atomic mass is 9.84. The normalized spacial score (nSPS) is 23.9. The van der Waals surface area contributed by atoms with Crippen LogP contribution in [0.5, 0.6) is 0 Å². The fourth-order valence-electron chi connectivity index (χ4n) is 2.75. The van der Waals surface area contributed by atoms with Crippen molar-refractivity contribution in [3.8, 4) is 0 Å². The summed E-state index contributed by atoms with van der Waals surface area (Å²) in [5, 5.41) is 3.73. The van der Waals surface area contributed by atoms with E-state index in [9.17, 15) is 0 Å². The van der Waals surface area contributed by atoms with E-state index in [1.807, 2.05) is 11.8 Å². The molecule has 0 aliphatic heterocycles. The average Bonchev–Trinajstić information content (AvgIpc) is 2.42. The van der Waals surface area contributed by atoms with Gasteiger partial charge in [-0.2, -0.15) is 0 Å². The Labute approximate surface area is 115 Å². The molecule has 3 N–H and O–H groups in total. The van der Waals surface area contributed by atoms with E-state index in [-0.39, 0.29) is 0 Å². The summed E-state index contributed by atoms with van der Waals surface area (Å²) in [5.74, 6) is 1.75. The first kappa shape index (κ1) is 13.8. The Hall–Kier alpha value is -0.670. The number of hydrogen-bond acceptors (Lipinski definition) is 3. The smallest absolute Gasteiger partial charge is 0.0480 e. The summed E-state index contributed by atoms with van der Waals surface area (Å²) in [6.45, 7) is 3.01. The molecule has 2 unspecified atom stereocenters. The van der Waals surface area contributed by atoms with E-state index in [0.29, 0.717) is 12.0 Å². The van der Waals surface area contributed by atoms with E-state index in [0.717, 1.165) is 12.3 Å². The molecule has 100 valence electrons. The second-order valence-electron chi connectivity index (χ2n) is 4.96. The number of para-hydroxylation sites is 1. The highest BCUT2D eigenvalue weighted by Crippen LogP contribution is 2.31. The van der Waals surface area contributed by atoms with Crippen LogP contribution in [-0.2, 0) is 0 Å². The van der Waals surface area contributed by atoms with Gasteiger partial charge in [0.15, 0.2) is 0 Å². The maximum atomic E-state index is 5.90. The van der Waals surface area contributed by atoms with Gasteiger partial charge >= 0.3 is 0 Å². The predicted molar refractivity (Wildman–Crippen MR) is 81.3 cm³/mol. The predicted octanol–water partition coefficient (Wildman–Crippen LogP) is 3.73. The summed E-state index contributed by atoms with van der Waals surface area (Å²) in [6, 6.07) is 9.19. The van der Waals surface area contributed by atoms with Gasteiger partial charge in [0.25, 0.3) is 0 Å². The standard InChI is InChI=1S/C15H24N2S/c1-2-18-15-10-6-5-9-14(15)17-13-8-4-3-7-12(13)11-16/h5-6,9-10,12-13,17H,2-4,7-8,11,16H2,1H3. The van der Waals surface area contributed by atoms with Crippen molar-refractivity contribution < 1.29 is 0 Å². The monoisotopic (exact) mass is 264 g/mol. The molecule has 2 nitrogen and oxygen atoms in total. The number of rotatable bonds is 5. The Balaban J connectivity index is 2.07. The van der Waals surface area contributed by atoms with Crippen LogP contribution in [0.3, 0.4) is 0 Å². The van der Waals surface area contributed by atoms with Crippen molar-refractivity contribution in [3.63, 3.8) is 0 Å². The molecule has 0 heterocycles. The highest BCUT2D eigenvalue weighted by atomic mass is 32.2. The third-order valence-electron chi connectivity index (χ3n) is 3.74. The van der Waals surface area contributed by atoms with E-state index in [2.05, 4.69) is 36.5 Å². The summed E-state index contributed by atoms with van der Waals surface area (Å²) in [6.07, 6.45) is 5.20.